The van der Waals surface area contributed by atoms with E-state index < -0.39 is 36.1 Å². The Morgan fingerprint density at radius 2 is 1.83 bits per heavy atom. The predicted molar refractivity (Wildman–Crippen MR) is 97.2 cm³/mol. The van der Waals surface area contributed by atoms with E-state index in [4.69, 9.17) is 21.1 Å². The molecule has 0 amide bonds. The van der Waals surface area contributed by atoms with Crippen LogP contribution in [0.4, 0.5) is 17.6 Å². The second kappa shape index (κ2) is 8.44. The third-order valence-corrected chi connectivity index (χ3v) is 3.54. The molecule has 10 heteroatoms. The molecule has 0 spiro atoms. The van der Waals surface area contributed by atoms with Crippen molar-refractivity contribution in [3.8, 4) is 17.4 Å². The van der Waals surface area contributed by atoms with Gasteiger partial charge in [-0.3, -0.25) is 0 Å². The van der Waals surface area contributed by atoms with Crippen LogP contribution in [0.25, 0.3) is 0 Å². The summed E-state index contributed by atoms with van der Waals surface area (Å²) in [5.74, 6) is -1.98. The summed E-state index contributed by atoms with van der Waals surface area (Å²) in [5.41, 5.74) is -0.622. The number of carbonyl (C=O) groups is 1. The molecule has 0 aliphatic carbocycles. The lowest BCUT2D eigenvalue weighted by atomic mass is 10.1. The lowest BCUT2D eigenvalue weighted by molar-refractivity contribution is -0.154. The third-order valence-electron chi connectivity index (χ3n) is 3.27. The molecule has 0 bridgehead atoms. The van der Waals surface area contributed by atoms with Gasteiger partial charge in [-0.2, -0.15) is 13.2 Å². The summed E-state index contributed by atoms with van der Waals surface area (Å²) in [7, 11) is 0. The number of hydrogen-bond acceptors (Lipinski definition) is 5. The van der Waals surface area contributed by atoms with Gasteiger partial charge in [-0.25, -0.2) is 14.2 Å². The summed E-state index contributed by atoms with van der Waals surface area (Å²) in [6.07, 6.45) is -3.46. The van der Waals surface area contributed by atoms with E-state index >= 15 is 0 Å². The zero-order valence-electron chi connectivity index (χ0n) is 16.0. The van der Waals surface area contributed by atoms with Crippen LogP contribution in [0.3, 0.4) is 0 Å². The molecule has 0 saturated heterocycles. The minimum Gasteiger partial charge on any atom is -0.467 e. The maximum atomic E-state index is 14.4. The zero-order valence-corrected chi connectivity index (χ0v) is 16.7. The smallest absolute Gasteiger partial charge is 0.422 e. The lowest BCUT2D eigenvalue weighted by Crippen LogP contribution is -2.24. The maximum Gasteiger partial charge on any atom is 0.422 e. The van der Waals surface area contributed by atoms with Gasteiger partial charge >= 0.3 is 12.1 Å². The van der Waals surface area contributed by atoms with Gasteiger partial charge in [0.25, 0.3) is 0 Å². The number of rotatable bonds is 5. The fourth-order valence-electron chi connectivity index (χ4n) is 2.11. The van der Waals surface area contributed by atoms with Crippen LogP contribution in [0.1, 0.15) is 36.7 Å². The molecule has 0 aliphatic heterocycles. The topological polar surface area (TPSA) is 57.7 Å². The average Bonchev–Trinajstić information content (AvgIpc) is 2.54. The highest BCUT2D eigenvalue weighted by Gasteiger charge is 2.29. The summed E-state index contributed by atoms with van der Waals surface area (Å²) < 4.78 is 66.1. The number of hydrogen-bond donors (Lipinski definition) is 0. The van der Waals surface area contributed by atoms with Crippen LogP contribution in [0.2, 0.25) is 5.02 Å². The molecule has 0 radical (unpaired) electrons. The van der Waals surface area contributed by atoms with Gasteiger partial charge in [-0.1, -0.05) is 11.6 Å². The first-order chi connectivity index (χ1) is 13.2. The van der Waals surface area contributed by atoms with Crippen LogP contribution in [-0.4, -0.2) is 29.3 Å². The molecule has 158 valence electrons. The van der Waals surface area contributed by atoms with Gasteiger partial charge in [-0.05, 0) is 39.3 Å². The van der Waals surface area contributed by atoms with Gasteiger partial charge in [-0.15, -0.1) is 0 Å². The highest BCUT2D eigenvalue weighted by Crippen LogP contribution is 2.32. The molecule has 0 fully saturated rings. The molecule has 0 aliphatic rings. The Balaban J connectivity index is 2.19. The molecule has 0 unspecified atom stereocenters. The Hall–Kier alpha value is -2.55. The largest absolute Gasteiger partial charge is 0.467 e. The first-order valence-corrected chi connectivity index (χ1v) is 8.69. The number of esters is 1. The third kappa shape index (κ3) is 6.77. The maximum absolute atomic E-state index is 14.4. The molecule has 2 aromatic rings. The molecule has 2 rings (SSSR count). The first-order valence-electron chi connectivity index (χ1n) is 8.31. The average molecular weight is 436 g/mol. The molecule has 29 heavy (non-hydrogen) atoms. The van der Waals surface area contributed by atoms with Crippen molar-refractivity contribution in [3.05, 3.63) is 46.4 Å². The molecular formula is C19H18ClF4NO4. The van der Waals surface area contributed by atoms with Crippen molar-refractivity contribution in [2.45, 2.75) is 39.5 Å². The molecular weight excluding hydrogens is 418 g/mol. The van der Waals surface area contributed by atoms with Crippen LogP contribution < -0.4 is 9.47 Å². The summed E-state index contributed by atoms with van der Waals surface area (Å²) in [6, 6.07) is 3.45. The number of aromatic nitrogens is 1. The fraction of sp³-hybridized carbons (Fsp3) is 0.368. The molecule has 1 heterocycles. The number of ether oxygens (including phenoxy) is 3. The predicted octanol–water partition coefficient (Wildman–Crippen LogP) is 5.87. The normalized spacial score (nSPS) is 11.9. The second-order valence-electron chi connectivity index (χ2n) is 7.06. The summed E-state index contributed by atoms with van der Waals surface area (Å²) in [4.78, 5) is 15.8. The van der Waals surface area contributed by atoms with Crippen molar-refractivity contribution in [2.75, 3.05) is 6.61 Å². The minimum absolute atomic E-state index is 0.0434. The fourth-order valence-corrected chi connectivity index (χ4v) is 2.32. The van der Waals surface area contributed by atoms with Crippen molar-refractivity contribution in [1.82, 2.24) is 4.98 Å². The van der Waals surface area contributed by atoms with Gasteiger partial charge < -0.3 is 14.2 Å². The Bertz CT molecular complexity index is 910. The highest BCUT2D eigenvalue weighted by molar-refractivity contribution is 6.31. The Morgan fingerprint density at radius 3 is 2.38 bits per heavy atom. The number of carbonyl (C=O) groups excluding carboxylic acids is 1. The number of benzene rings is 1. The SMILES string of the molecule is Cc1cc(C(=O)OC(C)(C)C)c(F)cc1Oc1cnc(OCC(F)(F)F)c(Cl)c1. The summed E-state index contributed by atoms with van der Waals surface area (Å²) >= 11 is 5.85. The molecule has 0 N–H and O–H groups in total. The number of alkyl halides is 3. The van der Waals surface area contributed by atoms with Crippen molar-refractivity contribution < 1.29 is 36.6 Å². The Kier molecular flexibility index (Phi) is 6.62. The number of halogens is 5. The van der Waals surface area contributed by atoms with Crippen molar-refractivity contribution in [2.24, 2.45) is 0 Å². The van der Waals surface area contributed by atoms with Crippen LogP contribution in [0.15, 0.2) is 24.4 Å². The quantitative estimate of drug-likeness (QED) is 0.434. The zero-order chi connectivity index (χ0) is 22.0. The molecule has 5 nitrogen and oxygen atoms in total. The molecule has 1 aromatic heterocycles. The van der Waals surface area contributed by atoms with E-state index in [0.717, 1.165) is 12.3 Å². The van der Waals surface area contributed by atoms with E-state index in [2.05, 4.69) is 9.72 Å². The number of pyridine rings is 1. The highest BCUT2D eigenvalue weighted by atomic mass is 35.5. The van der Waals surface area contributed by atoms with E-state index in [0.29, 0.717) is 5.56 Å². The first kappa shape index (κ1) is 22.7. The monoisotopic (exact) mass is 435 g/mol. The second-order valence-corrected chi connectivity index (χ2v) is 7.47. The minimum atomic E-state index is -4.54. The van der Waals surface area contributed by atoms with Crippen LogP contribution in [0, 0.1) is 12.7 Å². The van der Waals surface area contributed by atoms with Gasteiger partial charge in [0.05, 0.1) is 11.8 Å². The molecule has 0 saturated carbocycles. The van der Waals surface area contributed by atoms with E-state index in [1.807, 2.05) is 0 Å². The van der Waals surface area contributed by atoms with Gasteiger partial charge in [0.1, 0.15) is 27.9 Å². The Labute approximate surface area is 169 Å². The van der Waals surface area contributed by atoms with E-state index in [1.54, 1.807) is 27.7 Å². The number of aryl methyl sites for hydroxylation is 1. The van der Waals surface area contributed by atoms with Crippen LogP contribution in [-0.2, 0) is 4.74 Å². The summed E-state index contributed by atoms with van der Waals surface area (Å²) in [5, 5.41) is -0.213. The van der Waals surface area contributed by atoms with Gasteiger partial charge in [0.15, 0.2) is 6.61 Å². The van der Waals surface area contributed by atoms with Crippen molar-refractivity contribution in [3.63, 3.8) is 0 Å². The van der Waals surface area contributed by atoms with E-state index in [-0.39, 0.29) is 22.1 Å². The van der Waals surface area contributed by atoms with Crippen LogP contribution in [0.5, 0.6) is 17.4 Å². The van der Waals surface area contributed by atoms with Gasteiger partial charge in [0, 0.05) is 12.1 Å². The van der Waals surface area contributed by atoms with Crippen LogP contribution >= 0.6 is 11.6 Å². The summed E-state index contributed by atoms with van der Waals surface area (Å²) in [6.45, 7) is 5.01. The Morgan fingerprint density at radius 1 is 1.17 bits per heavy atom. The number of nitrogens with zero attached hydrogens (tertiary/aromatic N) is 1. The van der Waals surface area contributed by atoms with E-state index in [1.165, 1.54) is 12.1 Å². The lowest BCUT2D eigenvalue weighted by Gasteiger charge is -2.20. The van der Waals surface area contributed by atoms with Crippen molar-refractivity contribution in [1.29, 1.82) is 0 Å². The van der Waals surface area contributed by atoms with E-state index in [9.17, 15) is 22.4 Å². The molecule has 1 aromatic carbocycles. The standard InChI is InChI=1S/C19H18ClF4NO4/c1-10-5-12(17(26)29-18(2,3)4)14(21)7-15(10)28-11-6-13(20)16(25-8-11)27-9-19(22,23)24/h5-8H,9H2,1-4H3. The van der Waals surface area contributed by atoms with Crippen molar-refractivity contribution >= 4 is 17.6 Å². The van der Waals surface area contributed by atoms with Gasteiger partial charge in [0.2, 0.25) is 5.88 Å². The molecule has 0 atom stereocenters.